The second kappa shape index (κ2) is 10.3. The van der Waals surface area contributed by atoms with Crippen LogP contribution in [0.15, 0.2) is 24.5 Å². The van der Waals surface area contributed by atoms with E-state index in [2.05, 4.69) is 24.8 Å². The third-order valence-corrected chi connectivity index (χ3v) is 7.15. The van der Waals surface area contributed by atoms with Crippen molar-refractivity contribution >= 4 is 39.9 Å². The summed E-state index contributed by atoms with van der Waals surface area (Å²) in [4.78, 5) is 37.1. The number of hydrogen-bond donors (Lipinski definition) is 2. The largest absolute Gasteiger partial charge is 0.462 e. The Labute approximate surface area is 214 Å². The molecule has 2 N–H and O–H groups in total. The maximum atomic E-state index is 12.4. The number of carbonyl (C=O) groups excluding carboxylic acids is 1. The molecule has 1 aromatic carbocycles. The lowest BCUT2D eigenvalue weighted by Gasteiger charge is -2.27. The molecule has 3 aromatic heterocycles. The number of nitrogens with one attached hydrogen (secondary N) is 2. The van der Waals surface area contributed by atoms with E-state index in [0.717, 1.165) is 42.6 Å². The number of carbonyl (C=O) groups is 1. The Morgan fingerprint density at radius 1 is 1.14 bits per heavy atom. The van der Waals surface area contributed by atoms with Crippen molar-refractivity contribution < 1.29 is 14.3 Å². The van der Waals surface area contributed by atoms with Gasteiger partial charge in [0.25, 0.3) is 0 Å². The number of fused-ring (bicyclic) bond motifs is 2. The highest BCUT2D eigenvalue weighted by molar-refractivity contribution is 6.02. The maximum Gasteiger partial charge on any atom is 0.340 e. The highest BCUT2D eigenvalue weighted by Crippen LogP contribution is 2.32. The number of morpholine rings is 1. The lowest BCUT2D eigenvalue weighted by Crippen LogP contribution is -2.37. The molecule has 0 atom stereocenters. The van der Waals surface area contributed by atoms with E-state index < -0.39 is 0 Å². The first-order valence-electron chi connectivity index (χ1n) is 13.2. The molecular formula is C26H32N8O3. The predicted octanol–water partition coefficient (Wildman–Crippen LogP) is 3.83. The van der Waals surface area contributed by atoms with Gasteiger partial charge in [0.15, 0.2) is 17.0 Å². The van der Waals surface area contributed by atoms with Crippen molar-refractivity contribution in [1.29, 1.82) is 0 Å². The number of ether oxygens (including phenoxy) is 2. The van der Waals surface area contributed by atoms with Gasteiger partial charge >= 0.3 is 5.97 Å². The first kappa shape index (κ1) is 23.7. The van der Waals surface area contributed by atoms with Crippen LogP contribution in [0.2, 0.25) is 0 Å². The molecule has 6 rings (SSSR count). The zero-order chi connectivity index (χ0) is 25.2. The van der Waals surface area contributed by atoms with Crippen LogP contribution in [0.4, 0.5) is 11.8 Å². The topological polar surface area (TPSA) is 123 Å². The Balaban J connectivity index is 1.32. The summed E-state index contributed by atoms with van der Waals surface area (Å²) in [6.45, 7) is 5.33. The summed E-state index contributed by atoms with van der Waals surface area (Å²) in [5, 5.41) is 3.44. The molecule has 194 valence electrons. The van der Waals surface area contributed by atoms with E-state index in [9.17, 15) is 4.79 Å². The van der Waals surface area contributed by atoms with E-state index in [4.69, 9.17) is 24.4 Å². The molecule has 1 aliphatic heterocycles. The van der Waals surface area contributed by atoms with Crippen LogP contribution in [0.25, 0.3) is 22.2 Å². The third kappa shape index (κ3) is 4.71. The maximum absolute atomic E-state index is 12.4. The van der Waals surface area contributed by atoms with Gasteiger partial charge in [-0.15, -0.1) is 0 Å². The monoisotopic (exact) mass is 504 g/mol. The van der Waals surface area contributed by atoms with Crippen molar-refractivity contribution in [2.45, 2.75) is 51.6 Å². The summed E-state index contributed by atoms with van der Waals surface area (Å²) in [6, 6.07) is 5.87. The first-order valence-corrected chi connectivity index (χ1v) is 13.2. The Morgan fingerprint density at radius 2 is 1.97 bits per heavy atom. The van der Waals surface area contributed by atoms with Gasteiger partial charge in [-0.25, -0.2) is 14.8 Å². The fourth-order valence-corrected chi connectivity index (χ4v) is 5.27. The van der Waals surface area contributed by atoms with E-state index >= 15 is 0 Å². The van der Waals surface area contributed by atoms with Crippen LogP contribution in [0.1, 0.15) is 61.3 Å². The number of imidazole rings is 2. The standard InChI is InChI=1S/C26H32N8O3/c1-2-37-25(35)18-9-6-10-19-21(18)30-20(29-19)15-27-23-22-24(32-26(31-23)33-11-13-36-14-12-33)34(16-28-22)17-7-4-3-5-8-17/h6,9-10,16-17H,2-5,7-8,11-15H2,1H3,(H,29,30)(H,27,31,32). The van der Waals surface area contributed by atoms with E-state index in [-0.39, 0.29) is 5.97 Å². The Hall–Kier alpha value is -3.73. The van der Waals surface area contributed by atoms with Gasteiger partial charge in [0.2, 0.25) is 5.95 Å². The van der Waals surface area contributed by atoms with Crippen LogP contribution in [0.5, 0.6) is 0 Å². The fraction of sp³-hybridized carbons (Fsp3) is 0.500. The first-order chi connectivity index (χ1) is 18.2. The Morgan fingerprint density at radius 3 is 2.78 bits per heavy atom. The normalized spacial score (nSPS) is 16.9. The van der Waals surface area contributed by atoms with Gasteiger partial charge in [-0.3, -0.25) is 0 Å². The Kier molecular flexibility index (Phi) is 6.60. The van der Waals surface area contributed by atoms with Crippen molar-refractivity contribution in [1.82, 2.24) is 29.5 Å². The number of anilines is 2. The highest BCUT2D eigenvalue weighted by Gasteiger charge is 2.23. The fourth-order valence-electron chi connectivity index (χ4n) is 5.27. The molecule has 1 aliphatic carbocycles. The van der Waals surface area contributed by atoms with E-state index in [1.54, 1.807) is 13.0 Å². The number of H-pyrrole nitrogens is 1. The second-order valence-electron chi connectivity index (χ2n) is 9.55. The molecule has 4 heterocycles. The summed E-state index contributed by atoms with van der Waals surface area (Å²) in [7, 11) is 0. The molecule has 2 fully saturated rings. The molecule has 11 heteroatoms. The van der Waals surface area contributed by atoms with Gasteiger partial charge in [0.1, 0.15) is 11.3 Å². The van der Waals surface area contributed by atoms with Crippen molar-refractivity contribution in [3.8, 4) is 0 Å². The van der Waals surface area contributed by atoms with Crippen LogP contribution in [-0.2, 0) is 16.0 Å². The SMILES string of the molecule is CCOC(=O)c1cccc2[nH]c(CNc3nc(N4CCOCC4)nc4c3ncn4C3CCCCC3)nc12. The summed E-state index contributed by atoms with van der Waals surface area (Å²) < 4.78 is 13.0. The molecule has 4 aromatic rings. The molecule has 0 spiro atoms. The second-order valence-corrected chi connectivity index (χ2v) is 9.55. The zero-order valence-corrected chi connectivity index (χ0v) is 21.1. The molecule has 1 saturated heterocycles. The average Bonchev–Trinajstić information content (AvgIpc) is 3.57. The molecule has 1 saturated carbocycles. The number of rotatable bonds is 7. The molecule has 0 amide bonds. The molecule has 0 radical (unpaired) electrons. The minimum absolute atomic E-state index is 0.316. The van der Waals surface area contributed by atoms with Gasteiger partial charge in [0.05, 0.1) is 43.8 Å². The molecule has 37 heavy (non-hydrogen) atoms. The quantitative estimate of drug-likeness (QED) is 0.361. The number of nitrogens with zero attached hydrogens (tertiary/aromatic N) is 6. The number of benzene rings is 1. The molecule has 11 nitrogen and oxygen atoms in total. The van der Waals surface area contributed by atoms with Crippen LogP contribution in [0, 0.1) is 0 Å². The molecule has 0 bridgehead atoms. The van der Waals surface area contributed by atoms with Gasteiger partial charge in [-0.2, -0.15) is 9.97 Å². The lowest BCUT2D eigenvalue weighted by atomic mass is 9.95. The highest BCUT2D eigenvalue weighted by atomic mass is 16.5. The predicted molar refractivity (Wildman–Crippen MR) is 140 cm³/mol. The van der Waals surface area contributed by atoms with Crippen molar-refractivity contribution in [3.05, 3.63) is 35.9 Å². The van der Waals surface area contributed by atoms with Crippen molar-refractivity contribution in [2.24, 2.45) is 0 Å². The number of para-hydroxylation sites is 1. The van der Waals surface area contributed by atoms with E-state index in [0.29, 0.717) is 61.1 Å². The van der Waals surface area contributed by atoms with Gasteiger partial charge < -0.3 is 29.2 Å². The molecular weight excluding hydrogens is 472 g/mol. The smallest absolute Gasteiger partial charge is 0.340 e. The van der Waals surface area contributed by atoms with Crippen LogP contribution in [0.3, 0.4) is 0 Å². The average molecular weight is 505 g/mol. The third-order valence-electron chi connectivity index (χ3n) is 7.15. The van der Waals surface area contributed by atoms with Gasteiger partial charge in [0, 0.05) is 19.1 Å². The number of esters is 1. The van der Waals surface area contributed by atoms with Gasteiger partial charge in [-0.05, 0) is 31.9 Å². The summed E-state index contributed by atoms with van der Waals surface area (Å²) in [5.74, 6) is 1.68. The van der Waals surface area contributed by atoms with Crippen LogP contribution >= 0.6 is 0 Å². The Bertz CT molecular complexity index is 1400. The summed E-state index contributed by atoms with van der Waals surface area (Å²) >= 11 is 0. The van der Waals surface area contributed by atoms with Crippen LogP contribution in [-0.4, -0.2) is 68.4 Å². The lowest BCUT2D eigenvalue weighted by molar-refractivity contribution is 0.0528. The zero-order valence-electron chi connectivity index (χ0n) is 21.1. The van der Waals surface area contributed by atoms with Crippen LogP contribution < -0.4 is 10.2 Å². The van der Waals surface area contributed by atoms with E-state index in [1.165, 1.54) is 19.3 Å². The molecule has 2 aliphatic rings. The summed E-state index contributed by atoms with van der Waals surface area (Å²) in [5.41, 5.74) is 3.45. The minimum atomic E-state index is -0.375. The van der Waals surface area contributed by atoms with Crippen molar-refractivity contribution in [3.63, 3.8) is 0 Å². The van der Waals surface area contributed by atoms with Gasteiger partial charge in [-0.1, -0.05) is 25.3 Å². The number of aromatic amines is 1. The number of hydrogen-bond acceptors (Lipinski definition) is 9. The minimum Gasteiger partial charge on any atom is -0.462 e. The molecule has 0 unspecified atom stereocenters. The summed E-state index contributed by atoms with van der Waals surface area (Å²) in [6.07, 6.45) is 7.96. The van der Waals surface area contributed by atoms with E-state index in [1.807, 2.05) is 18.5 Å². The van der Waals surface area contributed by atoms with Crippen molar-refractivity contribution in [2.75, 3.05) is 43.1 Å². The number of aromatic nitrogens is 6.